The van der Waals surface area contributed by atoms with Gasteiger partial charge in [-0.2, -0.15) is 0 Å². The highest BCUT2D eigenvalue weighted by Gasteiger charge is 2.08. The minimum Gasteiger partial charge on any atom is -0.481 e. The molecule has 1 unspecified atom stereocenters. The summed E-state index contributed by atoms with van der Waals surface area (Å²) in [5.74, 6) is -0.0833. The van der Waals surface area contributed by atoms with E-state index in [0.29, 0.717) is 0 Å². The molecule has 0 saturated carbocycles. The molecule has 1 aliphatic rings. The summed E-state index contributed by atoms with van der Waals surface area (Å²) in [6.45, 7) is 7.11. The quantitative estimate of drug-likeness (QED) is 0.555. The zero-order chi connectivity index (χ0) is 8.69. The van der Waals surface area contributed by atoms with Gasteiger partial charge in [0.2, 0.25) is 0 Å². The fourth-order valence-corrected chi connectivity index (χ4v) is 0.878. The van der Waals surface area contributed by atoms with Crippen molar-refractivity contribution in [1.82, 2.24) is 5.32 Å². The van der Waals surface area contributed by atoms with Crippen LogP contribution in [0.3, 0.4) is 0 Å². The Kier molecular flexibility index (Phi) is 5.47. The lowest BCUT2D eigenvalue weighted by Gasteiger charge is -1.93. The van der Waals surface area contributed by atoms with Crippen molar-refractivity contribution in [3.8, 4) is 0 Å². The van der Waals surface area contributed by atoms with Gasteiger partial charge in [0, 0.05) is 13.5 Å². The van der Waals surface area contributed by atoms with Crippen LogP contribution in [0.2, 0.25) is 0 Å². The van der Waals surface area contributed by atoms with E-state index in [1.165, 1.54) is 13.0 Å². The van der Waals surface area contributed by atoms with E-state index in [9.17, 15) is 0 Å². The standard InChI is InChI=1S/C6H11N.C2H4O2/c1-2-6-3-4-7-5-6;1-2(3)4/h2,6-7H,1,3-5H2;1H3,(H,3,4). The maximum Gasteiger partial charge on any atom is 0.300 e. The number of aliphatic carboxylic acids is 1. The van der Waals surface area contributed by atoms with Crippen molar-refractivity contribution in [3.63, 3.8) is 0 Å². The summed E-state index contributed by atoms with van der Waals surface area (Å²) in [4.78, 5) is 9.00. The summed E-state index contributed by atoms with van der Waals surface area (Å²) in [6, 6.07) is 0. The molecule has 0 aromatic carbocycles. The lowest BCUT2D eigenvalue weighted by molar-refractivity contribution is -0.134. The Morgan fingerprint density at radius 3 is 2.55 bits per heavy atom. The van der Waals surface area contributed by atoms with E-state index in [0.717, 1.165) is 19.4 Å². The Hall–Kier alpha value is -0.830. The van der Waals surface area contributed by atoms with Crippen molar-refractivity contribution in [1.29, 1.82) is 0 Å². The summed E-state index contributed by atoms with van der Waals surface area (Å²) in [6.07, 6.45) is 3.31. The number of carboxylic acid groups (broad SMARTS) is 1. The molecule has 1 aliphatic heterocycles. The molecule has 2 N–H and O–H groups in total. The van der Waals surface area contributed by atoms with Gasteiger partial charge < -0.3 is 10.4 Å². The fourth-order valence-electron chi connectivity index (χ4n) is 0.878. The minimum atomic E-state index is -0.833. The second kappa shape index (κ2) is 5.92. The lowest BCUT2D eigenvalue weighted by atomic mass is 10.1. The summed E-state index contributed by atoms with van der Waals surface area (Å²) < 4.78 is 0. The molecule has 1 rings (SSSR count). The van der Waals surface area contributed by atoms with Gasteiger partial charge in [-0.1, -0.05) is 6.08 Å². The summed E-state index contributed by atoms with van der Waals surface area (Å²) in [5.41, 5.74) is 0. The van der Waals surface area contributed by atoms with Crippen LogP contribution in [0, 0.1) is 5.92 Å². The van der Waals surface area contributed by atoms with Gasteiger partial charge in [0.1, 0.15) is 0 Å². The molecule has 1 heterocycles. The monoisotopic (exact) mass is 157 g/mol. The van der Waals surface area contributed by atoms with E-state index in [4.69, 9.17) is 9.90 Å². The molecule has 0 aromatic rings. The average Bonchev–Trinajstić information content (AvgIpc) is 2.36. The molecule has 3 nitrogen and oxygen atoms in total. The highest BCUT2D eigenvalue weighted by molar-refractivity contribution is 5.62. The van der Waals surface area contributed by atoms with Gasteiger partial charge in [0.05, 0.1) is 0 Å². The molecule has 0 amide bonds. The first-order valence-corrected chi connectivity index (χ1v) is 3.69. The Labute approximate surface area is 67.1 Å². The second-order valence-electron chi connectivity index (χ2n) is 2.51. The van der Waals surface area contributed by atoms with Gasteiger partial charge in [-0.05, 0) is 18.9 Å². The van der Waals surface area contributed by atoms with E-state index in [1.54, 1.807) is 0 Å². The number of nitrogens with one attached hydrogen (secondary N) is 1. The van der Waals surface area contributed by atoms with Crippen LogP contribution in [0.25, 0.3) is 0 Å². The topological polar surface area (TPSA) is 49.3 Å². The first-order valence-electron chi connectivity index (χ1n) is 3.69. The highest BCUT2D eigenvalue weighted by atomic mass is 16.4. The van der Waals surface area contributed by atoms with Gasteiger partial charge >= 0.3 is 0 Å². The predicted octanol–water partition coefficient (Wildman–Crippen LogP) is 0.873. The van der Waals surface area contributed by atoms with Crippen molar-refractivity contribution in [2.45, 2.75) is 13.3 Å². The zero-order valence-corrected chi connectivity index (χ0v) is 6.84. The van der Waals surface area contributed by atoms with Crippen LogP contribution < -0.4 is 5.32 Å². The largest absolute Gasteiger partial charge is 0.481 e. The van der Waals surface area contributed by atoms with Crippen molar-refractivity contribution in [2.75, 3.05) is 13.1 Å². The number of hydrogen-bond acceptors (Lipinski definition) is 2. The molecular weight excluding hydrogens is 142 g/mol. The van der Waals surface area contributed by atoms with E-state index in [2.05, 4.69) is 11.9 Å². The Bertz CT molecular complexity index is 124. The predicted molar refractivity (Wildman–Crippen MR) is 44.5 cm³/mol. The number of hydrogen-bond donors (Lipinski definition) is 2. The van der Waals surface area contributed by atoms with Crippen LogP contribution in [-0.4, -0.2) is 24.2 Å². The lowest BCUT2D eigenvalue weighted by Crippen LogP contribution is -2.06. The maximum atomic E-state index is 9.00. The maximum absolute atomic E-state index is 9.00. The molecule has 64 valence electrons. The van der Waals surface area contributed by atoms with Crippen molar-refractivity contribution >= 4 is 5.97 Å². The normalized spacial score (nSPS) is 21.7. The highest BCUT2D eigenvalue weighted by Crippen LogP contribution is 2.06. The first-order chi connectivity index (χ1) is 5.16. The molecule has 0 spiro atoms. The van der Waals surface area contributed by atoms with Gasteiger partial charge in [-0.15, -0.1) is 6.58 Å². The van der Waals surface area contributed by atoms with Gasteiger partial charge in [0.25, 0.3) is 5.97 Å². The number of rotatable bonds is 1. The Balaban J connectivity index is 0.000000218. The third-order valence-corrected chi connectivity index (χ3v) is 1.43. The van der Waals surface area contributed by atoms with Crippen molar-refractivity contribution in [2.24, 2.45) is 5.92 Å². The van der Waals surface area contributed by atoms with Crippen LogP contribution in [0.4, 0.5) is 0 Å². The molecule has 11 heavy (non-hydrogen) atoms. The van der Waals surface area contributed by atoms with Crippen LogP contribution in [0.5, 0.6) is 0 Å². The van der Waals surface area contributed by atoms with Gasteiger partial charge in [-0.25, -0.2) is 0 Å². The van der Waals surface area contributed by atoms with Crippen molar-refractivity contribution < 1.29 is 9.90 Å². The second-order valence-corrected chi connectivity index (χ2v) is 2.51. The first kappa shape index (κ1) is 10.2. The fraction of sp³-hybridized carbons (Fsp3) is 0.625. The van der Waals surface area contributed by atoms with E-state index >= 15 is 0 Å². The SMILES string of the molecule is C=CC1CCNC1.CC(=O)O. The Morgan fingerprint density at radius 1 is 1.82 bits per heavy atom. The molecule has 1 fully saturated rings. The van der Waals surface area contributed by atoms with Gasteiger partial charge in [-0.3, -0.25) is 4.79 Å². The third kappa shape index (κ3) is 7.06. The van der Waals surface area contributed by atoms with E-state index in [-0.39, 0.29) is 0 Å². The number of carbonyl (C=O) groups is 1. The van der Waals surface area contributed by atoms with Crippen molar-refractivity contribution in [3.05, 3.63) is 12.7 Å². The molecule has 1 atom stereocenters. The summed E-state index contributed by atoms with van der Waals surface area (Å²) in [7, 11) is 0. The minimum absolute atomic E-state index is 0.750. The molecule has 0 bridgehead atoms. The zero-order valence-electron chi connectivity index (χ0n) is 6.84. The number of carboxylic acids is 1. The van der Waals surface area contributed by atoms with Crippen LogP contribution >= 0.6 is 0 Å². The van der Waals surface area contributed by atoms with E-state index in [1.807, 2.05) is 6.08 Å². The van der Waals surface area contributed by atoms with Crippen LogP contribution in [0.1, 0.15) is 13.3 Å². The van der Waals surface area contributed by atoms with Gasteiger partial charge in [0.15, 0.2) is 0 Å². The van der Waals surface area contributed by atoms with Crippen LogP contribution in [0.15, 0.2) is 12.7 Å². The van der Waals surface area contributed by atoms with Crippen LogP contribution in [-0.2, 0) is 4.79 Å². The Morgan fingerprint density at radius 2 is 2.36 bits per heavy atom. The average molecular weight is 157 g/mol. The third-order valence-electron chi connectivity index (χ3n) is 1.43. The molecular formula is C8H15NO2. The smallest absolute Gasteiger partial charge is 0.300 e. The molecule has 0 radical (unpaired) electrons. The molecule has 1 saturated heterocycles. The summed E-state index contributed by atoms with van der Waals surface area (Å²) in [5, 5.41) is 10.7. The van der Waals surface area contributed by atoms with E-state index < -0.39 is 5.97 Å². The molecule has 0 aliphatic carbocycles. The molecule has 3 heteroatoms. The molecule has 0 aromatic heterocycles. The summed E-state index contributed by atoms with van der Waals surface area (Å²) >= 11 is 0.